The minimum Gasteiger partial charge on any atom is -0.395 e. The number of nitrogens with one attached hydrogen (secondary N) is 1. The van der Waals surface area contributed by atoms with Crippen molar-refractivity contribution in [3.8, 4) is 0 Å². The molecule has 2 unspecified atom stereocenters. The highest BCUT2D eigenvalue weighted by Crippen LogP contribution is 2.49. The molecular formula is C11H22N2O3. The molecule has 0 aromatic carbocycles. The lowest BCUT2D eigenvalue weighted by Crippen LogP contribution is -2.75. The van der Waals surface area contributed by atoms with Crippen molar-refractivity contribution in [2.75, 3.05) is 19.8 Å². The van der Waals surface area contributed by atoms with Crippen LogP contribution in [0.3, 0.4) is 0 Å². The average molecular weight is 230 g/mol. The van der Waals surface area contributed by atoms with Crippen molar-refractivity contribution in [1.29, 1.82) is 0 Å². The summed E-state index contributed by atoms with van der Waals surface area (Å²) in [6.45, 7) is 6.61. The first-order valence-electron chi connectivity index (χ1n) is 5.69. The van der Waals surface area contributed by atoms with E-state index in [1.807, 2.05) is 20.8 Å². The maximum atomic E-state index is 11.9. The third-order valence-corrected chi connectivity index (χ3v) is 3.63. The SMILES string of the molecule is CCOC1CC(N)(C(=O)NCCO)C1(C)C. The van der Waals surface area contributed by atoms with Crippen molar-refractivity contribution >= 4 is 5.91 Å². The lowest BCUT2D eigenvalue weighted by Gasteiger charge is -2.57. The van der Waals surface area contributed by atoms with E-state index in [1.165, 1.54) is 0 Å². The molecule has 0 saturated heterocycles. The molecule has 1 rings (SSSR count). The van der Waals surface area contributed by atoms with E-state index in [1.54, 1.807) is 0 Å². The zero-order chi connectivity index (χ0) is 12.4. The maximum absolute atomic E-state index is 11.9. The molecule has 1 amide bonds. The Morgan fingerprint density at radius 3 is 2.69 bits per heavy atom. The van der Waals surface area contributed by atoms with Crippen LogP contribution in [0.4, 0.5) is 0 Å². The fraction of sp³-hybridized carbons (Fsp3) is 0.909. The van der Waals surface area contributed by atoms with Gasteiger partial charge in [0.1, 0.15) is 5.54 Å². The van der Waals surface area contributed by atoms with Gasteiger partial charge in [-0.15, -0.1) is 0 Å². The van der Waals surface area contributed by atoms with E-state index in [-0.39, 0.29) is 30.6 Å². The zero-order valence-corrected chi connectivity index (χ0v) is 10.2. The number of ether oxygens (including phenoxy) is 1. The van der Waals surface area contributed by atoms with Gasteiger partial charge in [0.15, 0.2) is 0 Å². The van der Waals surface area contributed by atoms with E-state index in [4.69, 9.17) is 15.6 Å². The number of rotatable bonds is 5. The van der Waals surface area contributed by atoms with Gasteiger partial charge in [-0.2, -0.15) is 0 Å². The van der Waals surface area contributed by atoms with Crippen LogP contribution < -0.4 is 11.1 Å². The Labute approximate surface area is 96.3 Å². The number of hydrogen-bond donors (Lipinski definition) is 3. The summed E-state index contributed by atoms with van der Waals surface area (Å²) in [5.74, 6) is -0.206. The van der Waals surface area contributed by atoms with E-state index in [0.717, 1.165) is 0 Å². The van der Waals surface area contributed by atoms with Crippen molar-refractivity contribution in [2.45, 2.75) is 38.8 Å². The summed E-state index contributed by atoms with van der Waals surface area (Å²) in [7, 11) is 0. The lowest BCUT2D eigenvalue weighted by atomic mass is 9.54. The third kappa shape index (κ3) is 1.95. The molecule has 0 heterocycles. The minimum absolute atomic E-state index is 0.0300. The molecule has 0 aliphatic heterocycles. The maximum Gasteiger partial charge on any atom is 0.240 e. The fourth-order valence-corrected chi connectivity index (χ4v) is 2.15. The summed E-state index contributed by atoms with van der Waals surface area (Å²) in [5, 5.41) is 11.3. The van der Waals surface area contributed by atoms with Gasteiger partial charge in [0, 0.05) is 25.0 Å². The molecular weight excluding hydrogens is 208 g/mol. The largest absolute Gasteiger partial charge is 0.395 e. The van der Waals surface area contributed by atoms with Gasteiger partial charge in [-0.25, -0.2) is 0 Å². The van der Waals surface area contributed by atoms with Crippen LogP contribution in [-0.4, -0.2) is 42.4 Å². The highest BCUT2D eigenvalue weighted by Gasteiger charge is 2.62. The Balaban J connectivity index is 2.63. The highest BCUT2D eigenvalue weighted by molar-refractivity contribution is 5.88. The summed E-state index contributed by atoms with van der Waals surface area (Å²) in [5.41, 5.74) is 4.85. The van der Waals surface area contributed by atoms with Gasteiger partial charge < -0.3 is 20.9 Å². The number of carbonyl (C=O) groups is 1. The van der Waals surface area contributed by atoms with Crippen LogP contribution in [0.5, 0.6) is 0 Å². The quantitative estimate of drug-likeness (QED) is 0.601. The van der Waals surface area contributed by atoms with Crippen LogP contribution in [0.2, 0.25) is 0 Å². The van der Waals surface area contributed by atoms with Crippen molar-refractivity contribution in [2.24, 2.45) is 11.1 Å². The highest BCUT2D eigenvalue weighted by atomic mass is 16.5. The zero-order valence-electron chi connectivity index (χ0n) is 10.2. The summed E-state index contributed by atoms with van der Waals surface area (Å²) in [6.07, 6.45) is 0.563. The minimum atomic E-state index is -0.887. The summed E-state index contributed by atoms with van der Waals surface area (Å²) in [4.78, 5) is 11.9. The van der Waals surface area contributed by atoms with Gasteiger partial charge in [-0.1, -0.05) is 13.8 Å². The second-order valence-corrected chi connectivity index (χ2v) is 4.82. The Morgan fingerprint density at radius 2 is 2.25 bits per heavy atom. The normalized spacial score (nSPS) is 31.9. The predicted octanol–water partition coefficient (Wildman–Crippen LogP) is -0.373. The molecule has 1 saturated carbocycles. The molecule has 0 bridgehead atoms. The number of nitrogens with two attached hydrogens (primary N) is 1. The molecule has 0 spiro atoms. The van der Waals surface area contributed by atoms with Gasteiger partial charge in [0.2, 0.25) is 5.91 Å². The van der Waals surface area contributed by atoms with E-state index in [0.29, 0.717) is 13.0 Å². The topological polar surface area (TPSA) is 84.6 Å². The first kappa shape index (κ1) is 13.4. The first-order chi connectivity index (χ1) is 7.40. The molecule has 2 atom stereocenters. The predicted molar refractivity (Wildman–Crippen MR) is 60.8 cm³/mol. The Hall–Kier alpha value is -0.650. The second-order valence-electron chi connectivity index (χ2n) is 4.82. The number of aliphatic hydroxyl groups is 1. The van der Waals surface area contributed by atoms with Gasteiger partial charge >= 0.3 is 0 Å². The van der Waals surface area contributed by atoms with Crippen LogP contribution in [0, 0.1) is 5.41 Å². The molecule has 5 nitrogen and oxygen atoms in total. The van der Waals surface area contributed by atoms with Crippen LogP contribution in [0.25, 0.3) is 0 Å². The van der Waals surface area contributed by atoms with Crippen LogP contribution in [0.1, 0.15) is 27.2 Å². The van der Waals surface area contributed by atoms with Gasteiger partial charge in [-0.3, -0.25) is 4.79 Å². The third-order valence-electron chi connectivity index (χ3n) is 3.63. The molecule has 0 aromatic heterocycles. The number of amides is 1. The lowest BCUT2D eigenvalue weighted by molar-refractivity contribution is -0.170. The number of aliphatic hydroxyl groups excluding tert-OH is 1. The van der Waals surface area contributed by atoms with E-state index < -0.39 is 5.54 Å². The summed E-state index contributed by atoms with van der Waals surface area (Å²) < 4.78 is 5.53. The van der Waals surface area contributed by atoms with Gasteiger partial charge in [0.25, 0.3) is 0 Å². The van der Waals surface area contributed by atoms with Crippen molar-refractivity contribution < 1.29 is 14.6 Å². The Morgan fingerprint density at radius 1 is 1.62 bits per heavy atom. The number of carbonyl (C=O) groups excluding carboxylic acids is 1. The average Bonchev–Trinajstić information content (AvgIpc) is 2.25. The smallest absolute Gasteiger partial charge is 0.240 e. The monoisotopic (exact) mass is 230 g/mol. The first-order valence-corrected chi connectivity index (χ1v) is 5.69. The Bertz CT molecular complexity index is 268. The van der Waals surface area contributed by atoms with Crippen molar-refractivity contribution in [3.63, 3.8) is 0 Å². The van der Waals surface area contributed by atoms with Gasteiger partial charge in [-0.05, 0) is 6.92 Å². The van der Waals surface area contributed by atoms with Crippen LogP contribution >= 0.6 is 0 Å². The molecule has 0 aromatic rings. The van der Waals surface area contributed by atoms with Crippen molar-refractivity contribution in [3.05, 3.63) is 0 Å². The molecule has 4 N–H and O–H groups in total. The standard InChI is InChI=1S/C11H22N2O3/c1-4-16-8-7-11(12,10(8,2)3)9(15)13-5-6-14/h8,14H,4-7,12H2,1-3H3,(H,13,15). The molecule has 94 valence electrons. The van der Waals surface area contributed by atoms with Crippen LogP contribution in [0.15, 0.2) is 0 Å². The number of hydrogen-bond acceptors (Lipinski definition) is 4. The van der Waals surface area contributed by atoms with E-state index in [2.05, 4.69) is 5.32 Å². The molecule has 1 aliphatic rings. The second kappa shape index (κ2) is 4.69. The van der Waals surface area contributed by atoms with Crippen molar-refractivity contribution in [1.82, 2.24) is 5.32 Å². The molecule has 16 heavy (non-hydrogen) atoms. The molecule has 1 aliphatic carbocycles. The van der Waals surface area contributed by atoms with E-state index in [9.17, 15) is 4.79 Å². The fourth-order valence-electron chi connectivity index (χ4n) is 2.15. The molecule has 1 fully saturated rings. The van der Waals surface area contributed by atoms with Gasteiger partial charge in [0.05, 0.1) is 12.7 Å². The summed E-state index contributed by atoms with van der Waals surface area (Å²) >= 11 is 0. The van der Waals surface area contributed by atoms with E-state index >= 15 is 0 Å². The summed E-state index contributed by atoms with van der Waals surface area (Å²) in [6, 6.07) is 0. The van der Waals surface area contributed by atoms with Crippen LogP contribution in [-0.2, 0) is 9.53 Å². The molecule has 0 radical (unpaired) electrons. The Kier molecular flexibility index (Phi) is 3.93. The molecule has 5 heteroatoms.